The second kappa shape index (κ2) is 7.45. The van der Waals surface area contributed by atoms with Crippen molar-refractivity contribution in [3.63, 3.8) is 0 Å². The van der Waals surface area contributed by atoms with E-state index < -0.39 is 0 Å². The van der Waals surface area contributed by atoms with Crippen LogP contribution in [0.4, 0.5) is 4.39 Å². The predicted molar refractivity (Wildman–Crippen MR) is 80.9 cm³/mol. The Morgan fingerprint density at radius 1 is 1.35 bits per heavy atom. The molecule has 0 aliphatic carbocycles. The lowest BCUT2D eigenvalue weighted by molar-refractivity contribution is 0.516. The van der Waals surface area contributed by atoms with Crippen molar-refractivity contribution >= 4 is 15.9 Å². The molecule has 0 amide bonds. The number of halogens is 2. The van der Waals surface area contributed by atoms with Crippen LogP contribution < -0.4 is 5.32 Å². The van der Waals surface area contributed by atoms with Gasteiger partial charge in [-0.05, 0) is 59.1 Å². The maximum absolute atomic E-state index is 13.3. The smallest absolute Gasteiger partial charge is 0.137 e. The molecule has 0 saturated heterocycles. The van der Waals surface area contributed by atoms with Gasteiger partial charge in [-0.15, -0.1) is 0 Å². The van der Waals surface area contributed by atoms with E-state index in [1.54, 1.807) is 12.5 Å². The Kier molecular flexibility index (Phi) is 5.61. The van der Waals surface area contributed by atoms with Crippen molar-refractivity contribution in [1.82, 2.24) is 15.3 Å². The summed E-state index contributed by atoms with van der Waals surface area (Å²) in [6.45, 7) is 3.04. The van der Waals surface area contributed by atoms with Gasteiger partial charge in [0, 0.05) is 6.20 Å². The van der Waals surface area contributed by atoms with Crippen molar-refractivity contribution in [3.8, 4) is 0 Å². The third-order valence-electron chi connectivity index (χ3n) is 3.03. The van der Waals surface area contributed by atoms with E-state index in [2.05, 4.69) is 38.1 Å². The van der Waals surface area contributed by atoms with E-state index in [1.165, 1.54) is 6.07 Å². The van der Waals surface area contributed by atoms with Gasteiger partial charge in [0.25, 0.3) is 0 Å². The average molecular weight is 338 g/mol. The van der Waals surface area contributed by atoms with E-state index in [-0.39, 0.29) is 11.9 Å². The van der Waals surface area contributed by atoms with Crippen molar-refractivity contribution in [3.05, 3.63) is 58.3 Å². The van der Waals surface area contributed by atoms with E-state index >= 15 is 0 Å². The van der Waals surface area contributed by atoms with Gasteiger partial charge in [-0.1, -0.05) is 13.0 Å². The van der Waals surface area contributed by atoms with E-state index in [1.807, 2.05) is 18.2 Å². The number of hydrogen-bond acceptors (Lipinski definition) is 3. The Hall–Kier alpha value is -1.33. The number of nitrogens with one attached hydrogen (secondary N) is 1. The van der Waals surface area contributed by atoms with E-state index in [0.29, 0.717) is 4.47 Å². The first-order valence-corrected chi connectivity index (χ1v) is 7.43. The lowest BCUT2D eigenvalue weighted by atomic mass is 10.0. The van der Waals surface area contributed by atoms with E-state index in [4.69, 9.17) is 0 Å². The largest absolute Gasteiger partial charge is 0.308 e. The maximum Gasteiger partial charge on any atom is 0.137 e. The van der Waals surface area contributed by atoms with Gasteiger partial charge in [0.1, 0.15) is 12.1 Å². The highest BCUT2D eigenvalue weighted by atomic mass is 79.9. The van der Waals surface area contributed by atoms with Gasteiger partial charge >= 0.3 is 0 Å². The molecule has 1 aromatic carbocycles. The molecule has 2 rings (SSSR count). The summed E-state index contributed by atoms with van der Waals surface area (Å²) in [6.07, 6.45) is 5.10. The van der Waals surface area contributed by atoms with Crippen LogP contribution in [-0.4, -0.2) is 16.5 Å². The quantitative estimate of drug-likeness (QED) is 0.873. The van der Waals surface area contributed by atoms with Crippen LogP contribution in [0.3, 0.4) is 0 Å². The van der Waals surface area contributed by atoms with Crippen LogP contribution in [0.2, 0.25) is 0 Å². The SMILES string of the molecule is CCCNC(Cc1ccc(F)c(Br)c1)c1ccncn1. The van der Waals surface area contributed by atoms with Gasteiger partial charge < -0.3 is 5.32 Å². The van der Waals surface area contributed by atoms with Gasteiger partial charge in [0.05, 0.1) is 16.2 Å². The molecular weight excluding hydrogens is 321 g/mol. The summed E-state index contributed by atoms with van der Waals surface area (Å²) in [4.78, 5) is 8.25. The summed E-state index contributed by atoms with van der Waals surface area (Å²) in [5, 5.41) is 3.47. The molecule has 0 saturated carbocycles. The van der Waals surface area contributed by atoms with Gasteiger partial charge in [-0.25, -0.2) is 14.4 Å². The summed E-state index contributed by atoms with van der Waals surface area (Å²) in [6, 6.07) is 7.12. The van der Waals surface area contributed by atoms with Crippen molar-refractivity contribution < 1.29 is 4.39 Å². The molecule has 0 aliphatic heterocycles. The monoisotopic (exact) mass is 337 g/mol. The van der Waals surface area contributed by atoms with Crippen molar-refractivity contribution in [2.75, 3.05) is 6.54 Å². The van der Waals surface area contributed by atoms with Crippen LogP contribution in [0, 0.1) is 5.82 Å². The first-order chi connectivity index (χ1) is 9.70. The Balaban J connectivity index is 2.17. The highest BCUT2D eigenvalue weighted by Gasteiger charge is 2.13. The zero-order valence-electron chi connectivity index (χ0n) is 11.3. The Bertz CT molecular complexity index is 548. The summed E-state index contributed by atoms with van der Waals surface area (Å²) >= 11 is 3.22. The second-order valence-electron chi connectivity index (χ2n) is 4.59. The van der Waals surface area contributed by atoms with Crippen LogP contribution in [0.15, 0.2) is 41.3 Å². The molecule has 5 heteroatoms. The van der Waals surface area contributed by atoms with Gasteiger partial charge in [-0.2, -0.15) is 0 Å². The fraction of sp³-hybridized carbons (Fsp3) is 0.333. The van der Waals surface area contributed by atoms with Crippen molar-refractivity contribution in [2.24, 2.45) is 0 Å². The van der Waals surface area contributed by atoms with Crippen LogP contribution in [0.5, 0.6) is 0 Å². The number of aromatic nitrogens is 2. The standard InChI is InChI=1S/C15H17BrFN3/c1-2-6-19-15(14-5-7-18-10-20-14)9-11-3-4-13(17)12(16)8-11/h3-5,7-8,10,15,19H,2,6,9H2,1H3. The number of nitrogens with zero attached hydrogens (tertiary/aromatic N) is 2. The molecule has 1 N–H and O–H groups in total. The summed E-state index contributed by atoms with van der Waals surface area (Å²) in [7, 11) is 0. The number of rotatable bonds is 6. The third kappa shape index (κ3) is 4.08. The fourth-order valence-electron chi connectivity index (χ4n) is 2.01. The molecule has 0 radical (unpaired) electrons. The Morgan fingerprint density at radius 2 is 2.20 bits per heavy atom. The fourth-order valence-corrected chi connectivity index (χ4v) is 2.44. The summed E-state index contributed by atoms with van der Waals surface area (Å²) in [5.74, 6) is -0.242. The topological polar surface area (TPSA) is 37.8 Å². The second-order valence-corrected chi connectivity index (χ2v) is 5.45. The molecule has 1 atom stereocenters. The first kappa shape index (κ1) is 15.1. The maximum atomic E-state index is 13.3. The Labute approximate surface area is 126 Å². The molecule has 0 bridgehead atoms. The van der Waals surface area contributed by atoms with Crippen LogP contribution in [-0.2, 0) is 6.42 Å². The minimum atomic E-state index is -0.242. The normalized spacial score (nSPS) is 12.3. The van der Waals surface area contributed by atoms with Gasteiger partial charge in [-0.3, -0.25) is 0 Å². The summed E-state index contributed by atoms with van der Waals surface area (Å²) < 4.78 is 13.8. The average Bonchev–Trinajstić information content (AvgIpc) is 2.48. The summed E-state index contributed by atoms with van der Waals surface area (Å²) in [5.41, 5.74) is 2.01. The van der Waals surface area contributed by atoms with Crippen LogP contribution in [0.1, 0.15) is 30.6 Å². The highest BCUT2D eigenvalue weighted by Crippen LogP contribution is 2.21. The lowest BCUT2D eigenvalue weighted by Gasteiger charge is -2.18. The third-order valence-corrected chi connectivity index (χ3v) is 3.63. The molecule has 3 nitrogen and oxygen atoms in total. The Morgan fingerprint density at radius 3 is 2.85 bits per heavy atom. The van der Waals surface area contributed by atoms with Crippen LogP contribution >= 0.6 is 15.9 Å². The highest BCUT2D eigenvalue weighted by molar-refractivity contribution is 9.10. The molecule has 1 aromatic heterocycles. The molecule has 106 valence electrons. The molecule has 1 heterocycles. The first-order valence-electron chi connectivity index (χ1n) is 6.64. The molecule has 20 heavy (non-hydrogen) atoms. The van der Waals surface area contributed by atoms with E-state index in [0.717, 1.165) is 30.6 Å². The molecular formula is C15H17BrFN3. The molecule has 0 spiro atoms. The minimum absolute atomic E-state index is 0.107. The zero-order chi connectivity index (χ0) is 14.4. The van der Waals surface area contributed by atoms with Gasteiger partial charge in [0.2, 0.25) is 0 Å². The van der Waals surface area contributed by atoms with Crippen molar-refractivity contribution in [2.45, 2.75) is 25.8 Å². The van der Waals surface area contributed by atoms with Crippen molar-refractivity contribution in [1.29, 1.82) is 0 Å². The van der Waals surface area contributed by atoms with Crippen LogP contribution in [0.25, 0.3) is 0 Å². The molecule has 2 aromatic rings. The van der Waals surface area contributed by atoms with E-state index in [9.17, 15) is 4.39 Å². The number of hydrogen-bond donors (Lipinski definition) is 1. The number of benzene rings is 1. The molecule has 1 unspecified atom stereocenters. The lowest BCUT2D eigenvalue weighted by Crippen LogP contribution is -2.25. The molecule has 0 fully saturated rings. The van der Waals surface area contributed by atoms with Gasteiger partial charge in [0.15, 0.2) is 0 Å². The minimum Gasteiger partial charge on any atom is -0.308 e. The zero-order valence-corrected chi connectivity index (χ0v) is 12.9. The predicted octanol–water partition coefficient (Wildman–Crippen LogP) is 3.66. The molecule has 0 aliphatic rings.